The number of nitrogens with zero attached hydrogens (tertiary/aromatic N) is 2. The molecule has 1 amide bonds. The summed E-state index contributed by atoms with van der Waals surface area (Å²) in [6, 6.07) is 13.2. The molecule has 0 saturated carbocycles. The first-order chi connectivity index (χ1) is 14.1. The van der Waals surface area contributed by atoms with Crippen molar-refractivity contribution in [1.29, 1.82) is 0 Å². The summed E-state index contributed by atoms with van der Waals surface area (Å²) >= 11 is 4.20. The number of hydrogen-bond donors (Lipinski definition) is 1. The van der Waals surface area contributed by atoms with Gasteiger partial charge in [-0.15, -0.1) is 29.3 Å². The highest BCUT2D eigenvalue weighted by Crippen LogP contribution is 2.37. The van der Waals surface area contributed by atoms with Gasteiger partial charge in [-0.1, -0.05) is 54.2 Å². The van der Waals surface area contributed by atoms with Crippen molar-refractivity contribution in [3.05, 3.63) is 81.8 Å². The number of hydrogen-bond acceptors (Lipinski definition) is 6. The van der Waals surface area contributed by atoms with Gasteiger partial charge in [0.1, 0.15) is 10.1 Å². The van der Waals surface area contributed by atoms with Crippen molar-refractivity contribution in [3.8, 4) is 10.4 Å². The first-order valence-electron chi connectivity index (χ1n) is 8.78. The van der Waals surface area contributed by atoms with Gasteiger partial charge in [-0.2, -0.15) is 0 Å². The second kappa shape index (κ2) is 8.36. The zero-order valence-corrected chi connectivity index (χ0v) is 17.7. The molecule has 1 atom stereocenters. The number of rotatable bonds is 7. The fraction of sp³-hybridized carbons (Fsp3) is 0.0952. The van der Waals surface area contributed by atoms with E-state index in [1.807, 2.05) is 53.2 Å². The molecule has 29 heavy (non-hydrogen) atoms. The Hall–Kier alpha value is -2.68. The SMILES string of the molecule is C=CCn1c(SC(C(N)=O)c2ccccc2)nc2scc(-c3cccs3)c2c1=O. The Morgan fingerprint density at radius 1 is 1.24 bits per heavy atom. The van der Waals surface area contributed by atoms with E-state index in [-0.39, 0.29) is 5.56 Å². The van der Waals surface area contributed by atoms with Crippen molar-refractivity contribution in [3.63, 3.8) is 0 Å². The van der Waals surface area contributed by atoms with Crippen molar-refractivity contribution in [2.24, 2.45) is 5.73 Å². The number of amides is 1. The largest absolute Gasteiger partial charge is 0.368 e. The Kier molecular flexibility index (Phi) is 5.66. The van der Waals surface area contributed by atoms with Crippen LogP contribution in [0.5, 0.6) is 0 Å². The van der Waals surface area contributed by atoms with E-state index in [9.17, 15) is 9.59 Å². The topological polar surface area (TPSA) is 78.0 Å². The van der Waals surface area contributed by atoms with Crippen LogP contribution in [0.3, 0.4) is 0 Å². The zero-order valence-electron chi connectivity index (χ0n) is 15.3. The van der Waals surface area contributed by atoms with Crippen LogP contribution in [0.25, 0.3) is 20.7 Å². The summed E-state index contributed by atoms with van der Waals surface area (Å²) in [6.07, 6.45) is 1.65. The maximum absolute atomic E-state index is 13.4. The molecule has 4 rings (SSSR count). The van der Waals surface area contributed by atoms with Crippen LogP contribution < -0.4 is 11.3 Å². The van der Waals surface area contributed by atoms with E-state index in [0.29, 0.717) is 21.9 Å². The number of nitrogens with two attached hydrogens (primary N) is 1. The van der Waals surface area contributed by atoms with Crippen molar-refractivity contribution in [1.82, 2.24) is 9.55 Å². The lowest BCUT2D eigenvalue weighted by Crippen LogP contribution is -2.25. The molecule has 0 saturated heterocycles. The molecule has 1 unspecified atom stereocenters. The summed E-state index contributed by atoms with van der Waals surface area (Å²) in [4.78, 5) is 31.9. The van der Waals surface area contributed by atoms with Crippen molar-refractivity contribution in [2.45, 2.75) is 17.0 Å². The number of benzene rings is 1. The van der Waals surface area contributed by atoms with Crippen LogP contribution in [-0.4, -0.2) is 15.5 Å². The van der Waals surface area contributed by atoms with Crippen LogP contribution in [0, 0.1) is 0 Å². The van der Waals surface area contributed by atoms with Gasteiger partial charge >= 0.3 is 0 Å². The summed E-state index contributed by atoms with van der Waals surface area (Å²) < 4.78 is 1.56. The number of thioether (sulfide) groups is 1. The van der Waals surface area contributed by atoms with Gasteiger partial charge in [0.15, 0.2) is 5.16 Å². The smallest absolute Gasteiger partial charge is 0.263 e. The Bertz CT molecular complexity index is 1230. The maximum atomic E-state index is 13.4. The molecular weight excluding hydrogens is 422 g/mol. The summed E-state index contributed by atoms with van der Waals surface area (Å²) in [6.45, 7) is 4.06. The summed E-state index contributed by atoms with van der Waals surface area (Å²) in [5, 5.41) is 4.35. The third kappa shape index (κ3) is 3.78. The normalized spacial score (nSPS) is 12.1. The monoisotopic (exact) mass is 439 g/mol. The third-order valence-electron chi connectivity index (χ3n) is 4.34. The van der Waals surface area contributed by atoms with E-state index < -0.39 is 11.2 Å². The number of carbonyl (C=O) groups excluding carboxylic acids is 1. The summed E-state index contributed by atoms with van der Waals surface area (Å²) in [5.74, 6) is -0.480. The van der Waals surface area contributed by atoms with Crippen LogP contribution in [0.4, 0.5) is 0 Å². The van der Waals surface area contributed by atoms with E-state index in [2.05, 4.69) is 6.58 Å². The number of thiophene rings is 2. The van der Waals surface area contributed by atoms with E-state index in [4.69, 9.17) is 10.7 Å². The highest BCUT2D eigenvalue weighted by atomic mass is 32.2. The number of aromatic nitrogens is 2. The Morgan fingerprint density at radius 3 is 2.69 bits per heavy atom. The number of primary amides is 1. The molecule has 146 valence electrons. The first-order valence-corrected chi connectivity index (χ1v) is 11.4. The minimum Gasteiger partial charge on any atom is -0.368 e. The molecule has 0 fully saturated rings. The predicted octanol–water partition coefficient (Wildman–Crippen LogP) is 4.69. The van der Waals surface area contributed by atoms with E-state index in [1.165, 1.54) is 23.1 Å². The minimum atomic E-state index is -0.645. The molecule has 0 radical (unpaired) electrons. The van der Waals surface area contributed by atoms with Crippen molar-refractivity contribution >= 4 is 50.6 Å². The lowest BCUT2D eigenvalue weighted by molar-refractivity contribution is -0.117. The summed E-state index contributed by atoms with van der Waals surface area (Å²) in [5.41, 5.74) is 7.19. The molecule has 2 N–H and O–H groups in total. The number of fused-ring (bicyclic) bond motifs is 1. The Morgan fingerprint density at radius 2 is 2.03 bits per heavy atom. The van der Waals surface area contributed by atoms with E-state index in [0.717, 1.165) is 16.0 Å². The average molecular weight is 440 g/mol. The molecule has 0 aliphatic carbocycles. The standard InChI is InChI=1S/C21H17N3O2S3/c1-2-10-24-20(26)16-14(15-9-6-11-27-15)12-28-19(16)23-21(24)29-17(18(22)25)13-7-4-3-5-8-13/h2-9,11-12,17H,1,10H2,(H2,22,25). The van der Waals surface area contributed by atoms with Gasteiger partial charge in [0.05, 0.1) is 5.39 Å². The van der Waals surface area contributed by atoms with Gasteiger partial charge in [-0.3, -0.25) is 14.2 Å². The molecule has 4 aromatic rings. The summed E-state index contributed by atoms with van der Waals surface area (Å²) in [7, 11) is 0. The van der Waals surface area contributed by atoms with E-state index in [1.54, 1.807) is 22.0 Å². The fourth-order valence-electron chi connectivity index (χ4n) is 3.02. The molecule has 3 heterocycles. The molecule has 5 nitrogen and oxygen atoms in total. The molecule has 0 bridgehead atoms. The number of allylic oxidation sites excluding steroid dienone is 1. The highest BCUT2D eigenvalue weighted by molar-refractivity contribution is 8.00. The van der Waals surface area contributed by atoms with Crippen LogP contribution in [0.15, 0.2) is 75.8 Å². The van der Waals surface area contributed by atoms with Gasteiger partial charge in [0, 0.05) is 22.4 Å². The maximum Gasteiger partial charge on any atom is 0.263 e. The Labute approximate surface area is 179 Å². The fourth-order valence-corrected chi connectivity index (χ4v) is 5.88. The number of carbonyl (C=O) groups is 1. The molecule has 1 aromatic carbocycles. The second-order valence-corrected chi connectivity index (χ2v) is 9.09. The predicted molar refractivity (Wildman–Crippen MR) is 122 cm³/mol. The molecule has 3 aromatic heterocycles. The average Bonchev–Trinajstić information content (AvgIpc) is 3.38. The molecule has 0 aliphatic heterocycles. The quantitative estimate of drug-likeness (QED) is 0.257. The lowest BCUT2D eigenvalue weighted by Gasteiger charge is -2.16. The van der Waals surface area contributed by atoms with Crippen LogP contribution in [0.1, 0.15) is 10.8 Å². The molecular formula is C21H17N3O2S3. The van der Waals surface area contributed by atoms with Crippen LogP contribution in [-0.2, 0) is 11.3 Å². The van der Waals surface area contributed by atoms with Gasteiger partial charge in [-0.25, -0.2) is 4.98 Å². The first kappa shape index (κ1) is 19.6. The van der Waals surface area contributed by atoms with Crippen molar-refractivity contribution < 1.29 is 4.79 Å². The van der Waals surface area contributed by atoms with Crippen molar-refractivity contribution in [2.75, 3.05) is 0 Å². The lowest BCUT2D eigenvalue weighted by atomic mass is 10.1. The highest BCUT2D eigenvalue weighted by Gasteiger charge is 2.24. The Balaban J connectivity index is 1.86. The second-order valence-electron chi connectivity index (χ2n) is 6.22. The molecule has 8 heteroatoms. The van der Waals surface area contributed by atoms with Crippen LogP contribution >= 0.6 is 34.4 Å². The third-order valence-corrected chi connectivity index (χ3v) is 7.38. The minimum absolute atomic E-state index is 0.140. The zero-order chi connectivity index (χ0) is 20.4. The van der Waals surface area contributed by atoms with Gasteiger partial charge in [0.25, 0.3) is 5.56 Å². The van der Waals surface area contributed by atoms with Gasteiger partial charge < -0.3 is 5.73 Å². The van der Waals surface area contributed by atoms with Crippen LogP contribution in [0.2, 0.25) is 0 Å². The molecule has 0 aliphatic rings. The van der Waals surface area contributed by atoms with E-state index >= 15 is 0 Å². The molecule has 0 spiro atoms. The van der Waals surface area contributed by atoms with Gasteiger partial charge in [-0.05, 0) is 17.0 Å². The van der Waals surface area contributed by atoms with Gasteiger partial charge in [0.2, 0.25) is 5.91 Å².